The molecule has 3 fully saturated rings. The van der Waals surface area contributed by atoms with Crippen molar-refractivity contribution in [1.29, 1.82) is 0 Å². The highest BCUT2D eigenvalue weighted by Crippen LogP contribution is 2.65. The van der Waals surface area contributed by atoms with Gasteiger partial charge < -0.3 is 4.74 Å². The summed E-state index contributed by atoms with van der Waals surface area (Å²) in [6.07, 6.45) is 5.22. The van der Waals surface area contributed by atoms with Crippen molar-refractivity contribution in [1.82, 2.24) is 4.90 Å². The van der Waals surface area contributed by atoms with Gasteiger partial charge in [-0.1, -0.05) is 35.4 Å². The number of ether oxygens (including phenoxy) is 1. The molecule has 8 heteroatoms. The van der Waals surface area contributed by atoms with Crippen molar-refractivity contribution in [2.24, 2.45) is 35.5 Å². The third kappa shape index (κ3) is 2.92. The topological polar surface area (TPSA) is 80.8 Å². The Morgan fingerprint density at radius 1 is 1.03 bits per heavy atom. The fraction of sp³-hybridized carbons (Fsp3) is 0.429. The van der Waals surface area contributed by atoms with Crippen LogP contribution in [0.4, 0.5) is 0 Å². The molecule has 6 atom stereocenters. The molecule has 2 amide bonds. The van der Waals surface area contributed by atoms with Gasteiger partial charge in [-0.3, -0.25) is 24.1 Å². The number of esters is 1. The molecule has 29 heavy (non-hydrogen) atoms. The molecule has 6 nitrogen and oxygen atoms in total. The van der Waals surface area contributed by atoms with Crippen molar-refractivity contribution in [3.63, 3.8) is 0 Å². The van der Waals surface area contributed by atoms with E-state index in [4.69, 9.17) is 27.9 Å². The number of hydrogen-bond acceptors (Lipinski definition) is 5. The van der Waals surface area contributed by atoms with Crippen molar-refractivity contribution < 1.29 is 23.9 Å². The molecule has 150 valence electrons. The highest BCUT2D eigenvalue weighted by atomic mass is 35.5. The van der Waals surface area contributed by atoms with E-state index in [0.29, 0.717) is 16.9 Å². The summed E-state index contributed by atoms with van der Waals surface area (Å²) in [4.78, 5) is 51.2. The van der Waals surface area contributed by atoms with Crippen LogP contribution in [0.5, 0.6) is 0 Å². The summed E-state index contributed by atoms with van der Waals surface area (Å²) in [6, 6.07) is 4.39. The van der Waals surface area contributed by atoms with Gasteiger partial charge in [0.05, 0.1) is 16.9 Å². The maximum atomic E-state index is 12.8. The standard InChI is InChI=1S/C21H17Cl2NO5/c22-9-1-2-12(15(23)5-9)16(25)8-29-17(26)7-24-20(27)18-10-3-4-11(14-6-13(10)14)19(18)21(24)28/h1-5,10-11,13-14,18-19H,6-8H2/t10-,11-,13-,14-,18+,19+/m0/s1. The smallest absolute Gasteiger partial charge is 0.326 e. The zero-order valence-corrected chi connectivity index (χ0v) is 16.7. The zero-order valence-electron chi connectivity index (χ0n) is 15.2. The molecular formula is C21H17Cl2NO5. The van der Waals surface area contributed by atoms with Gasteiger partial charge in [-0.25, -0.2) is 0 Å². The Kier molecular flexibility index (Phi) is 4.33. The van der Waals surface area contributed by atoms with Gasteiger partial charge >= 0.3 is 5.97 Å². The van der Waals surface area contributed by atoms with Gasteiger partial charge in [0, 0.05) is 10.6 Å². The predicted molar refractivity (Wildman–Crippen MR) is 103 cm³/mol. The number of carbonyl (C=O) groups excluding carboxylic acids is 4. The number of halogens is 2. The first-order valence-corrected chi connectivity index (χ1v) is 10.3. The molecule has 0 radical (unpaired) electrons. The molecule has 1 heterocycles. The molecule has 5 aliphatic rings. The molecule has 0 N–H and O–H groups in total. The summed E-state index contributed by atoms with van der Waals surface area (Å²) in [5, 5.41) is 0.547. The molecule has 0 spiro atoms. The molecular weight excluding hydrogens is 417 g/mol. The van der Waals surface area contributed by atoms with Crippen LogP contribution in [-0.2, 0) is 19.1 Å². The minimum absolute atomic E-state index is 0.0982. The fourth-order valence-corrected chi connectivity index (χ4v) is 5.80. The summed E-state index contributed by atoms with van der Waals surface area (Å²) in [5.41, 5.74) is 0.185. The maximum Gasteiger partial charge on any atom is 0.326 e. The van der Waals surface area contributed by atoms with Gasteiger partial charge in [-0.2, -0.15) is 0 Å². The monoisotopic (exact) mass is 433 g/mol. The van der Waals surface area contributed by atoms with Crippen LogP contribution >= 0.6 is 23.2 Å². The average molecular weight is 434 g/mol. The number of Topliss-reactive ketones (excluding diaryl/α,β-unsaturated/α-hetero) is 1. The Balaban J connectivity index is 1.22. The Bertz CT molecular complexity index is 953. The number of hydrogen-bond donors (Lipinski definition) is 0. The van der Waals surface area contributed by atoms with Crippen LogP contribution in [0.1, 0.15) is 16.8 Å². The number of rotatable bonds is 5. The lowest BCUT2D eigenvalue weighted by molar-refractivity contribution is -0.152. The molecule has 2 bridgehead atoms. The van der Waals surface area contributed by atoms with E-state index in [1.54, 1.807) is 0 Å². The number of likely N-dealkylation sites (tertiary alicyclic amines) is 1. The summed E-state index contributed by atoms with van der Waals surface area (Å²) in [7, 11) is 0. The second-order valence-corrected chi connectivity index (χ2v) is 8.97. The Hall–Kier alpha value is -2.18. The number of carbonyl (C=O) groups is 4. The van der Waals surface area contributed by atoms with Crippen LogP contribution in [0.2, 0.25) is 10.0 Å². The van der Waals surface area contributed by atoms with Gasteiger partial charge in [-0.15, -0.1) is 0 Å². The molecule has 4 aliphatic carbocycles. The highest BCUT2D eigenvalue weighted by molar-refractivity contribution is 6.36. The van der Waals surface area contributed by atoms with Crippen molar-refractivity contribution in [2.75, 3.05) is 13.2 Å². The maximum absolute atomic E-state index is 12.8. The average Bonchev–Trinajstić information content (AvgIpc) is 3.47. The van der Waals surface area contributed by atoms with Crippen LogP contribution in [0.25, 0.3) is 0 Å². The van der Waals surface area contributed by atoms with Crippen LogP contribution in [0.15, 0.2) is 30.4 Å². The third-order valence-electron chi connectivity index (χ3n) is 6.64. The summed E-state index contributed by atoms with van der Waals surface area (Å²) < 4.78 is 5.01. The van der Waals surface area contributed by atoms with Gasteiger partial charge in [0.25, 0.3) is 0 Å². The molecule has 2 saturated carbocycles. The molecule has 6 rings (SSSR count). The van der Waals surface area contributed by atoms with Crippen molar-refractivity contribution in [3.05, 3.63) is 46.0 Å². The summed E-state index contributed by atoms with van der Waals surface area (Å²) >= 11 is 11.8. The number of benzene rings is 1. The lowest BCUT2D eigenvalue weighted by Gasteiger charge is -2.37. The summed E-state index contributed by atoms with van der Waals surface area (Å²) in [6.45, 7) is -0.999. The molecule has 0 unspecified atom stereocenters. The molecule has 1 aromatic carbocycles. The van der Waals surface area contributed by atoms with E-state index in [1.165, 1.54) is 18.2 Å². The number of imide groups is 1. The van der Waals surface area contributed by atoms with E-state index in [9.17, 15) is 19.2 Å². The quantitative estimate of drug-likeness (QED) is 0.308. The van der Waals surface area contributed by atoms with Gasteiger partial charge in [0.1, 0.15) is 6.54 Å². The molecule has 1 aromatic rings. The first kappa shape index (κ1) is 18.8. The SMILES string of the molecule is O=C(CN1C(=O)[C@@H]2[C@H]3C=C[C@@H]([C@@H]4C[C@@H]34)[C@H]2C1=O)OCC(=O)c1ccc(Cl)cc1Cl. The Labute approximate surface area is 176 Å². The largest absolute Gasteiger partial charge is 0.456 e. The zero-order chi connectivity index (χ0) is 20.4. The van der Waals surface area contributed by atoms with Gasteiger partial charge in [-0.05, 0) is 48.3 Å². The predicted octanol–water partition coefficient (Wildman–Crippen LogP) is 2.77. The summed E-state index contributed by atoms with van der Waals surface area (Å²) in [5.74, 6) is -1.41. The lowest BCUT2D eigenvalue weighted by Crippen LogP contribution is -2.40. The van der Waals surface area contributed by atoms with Crippen molar-refractivity contribution in [3.8, 4) is 0 Å². The van der Waals surface area contributed by atoms with E-state index in [1.807, 2.05) is 0 Å². The minimum Gasteiger partial charge on any atom is -0.456 e. The Morgan fingerprint density at radius 3 is 2.24 bits per heavy atom. The second-order valence-electron chi connectivity index (χ2n) is 8.13. The molecule has 1 aliphatic heterocycles. The van der Waals surface area contributed by atoms with E-state index >= 15 is 0 Å². The van der Waals surface area contributed by atoms with Crippen LogP contribution in [0.3, 0.4) is 0 Å². The number of nitrogens with zero attached hydrogens (tertiary/aromatic N) is 1. The number of ketones is 1. The van der Waals surface area contributed by atoms with Gasteiger partial charge in [0.2, 0.25) is 17.6 Å². The first-order chi connectivity index (χ1) is 13.9. The van der Waals surface area contributed by atoms with Crippen molar-refractivity contribution >= 4 is 46.8 Å². The molecule has 0 aromatic heterocycles. The van der Waals surface area contributed by atoms with E-state index in [-0.39, 0.29) is 46.1 Å². The van der Waals surface area contributed by atoms with E-state index in [2.05, 4.69) is 12.2 Å². The normalized spacial score (nSPS) is 33.5. The number of amides is 2. The van der Waals surface area contributed by atoms with E-state index < -0.39 is 24.9 Å². The van der Waals surface area contributed by atoms with Crippen LogP contribution in [0, 0.1) is 35.5 Å². The third-order valence-corrected chi connectivity index (χ3v) is 7.18. The van der Waals surface area contributed by atoms with Crippen LogP contribution < -0.4 is 0 Å². The fourth-order valence-electron chi connectivity index (χ4n) is 5.29. The lowest BCUT2D eigenvalue weighted by atomic mass is 9.63. The molecule has 1 saturated heterocycles. The number of allylic oxidation sites excluding steroid dienone is 2. The van der Waals surface area contributed by atoms with E-state index in [0.717, 1.165) is 11.3 Å². The second kappa shape index (κ2) is 6.67. The highest BCUT2D eigenvalue weighted by Gasteiger charge is 2.67. The Morgan fingerprint density at radius 2 is 1.66 bits per heavy atom. The first-order valence-electron chi connectivity index (χ1n) is 9.54. The van der Waals surface area contributed by atoms with Crippen LogP contribution in [-0.4, -0.2) is 41.6 Å². The van der Waals surface area contributed by atoms with Crippen molar-refractivity contribution in [2.45, 2.75) is 6.42 Å². The van der Waals surface area contributed by atoms with Gasteiger partial charge in [0.15, 0.2) is 6.61 Å². The minimum atomic E-state index is -0.797.